The summed E-state index contributed by atoms with van der Waals surface area (Å²) in [6, 6.07) is 19.4. The fourth-order valence-electron chi connectivity index (χ4n) is 3.69. The maximum Gasteiger partial charge on any atom is 0.135 e. The summed E-state index contributed by atoms with van der Waals surface area (Å²) in [5.74, 6) is -0.228. The zero-order valence-electron chi connectivity index (χ0n) is 18.2. The summed E-state index contributed by atoms with van der Waals surface area (Å²) in [6.45, 7) is 1.68. The molecule has 2 unspecified atom stereocenters. The van der Waals surface area contributed by atoms with E-state index in [1.165, 1.54) is 12.1 Å². The predicted octanol–water partition coefficient (Wildman–Crippen LogP) is 7.90. The Hall–Kier alpha value is -1.95. The van der Waals surface area contributed by atoms with Gasteiger partial charge in [-0.2, -0.15) is 0 Å². The van der Waals surface area contributed by atoms with E-state index in [2.05, 4.69) is 4.90 Å². The molecule has 34 heavy (non-hydrogen) atoms. The average Bonchev–Trinajstić information content (AvgIpc) is 3.30. The van der Waals surface area contributed by atoms with Crippen molar-refractivity contribution in [3.8, 4) is 0 Å². The summed E-state index contributed by atoms with van der Waals surface area (Å²) in [6.07, 6.45) is 4.34. The van der Waals surface area contributed by atoms with Crippen LogP contribution >= 0.6 is 46.4 Å². The molecule has 1 aliphatic rings. The maximum atomic E-state index is 13.1. The van der Waals surface area contributed by atoms with Crippen LogP contribution in [0.2, 0.25) is 15.1 Å². The Morgan fingerprint density at radius 1 is 0.882 bits per heavy atom. The highest BCUT2D eigenvalue weighted by atomic mass is 35.5. The normalized spacial score (nSPS) is 15.1. The van der Waals surface area contributed by atoms with Crippen molar-refractivity contribution in [3.63, 3.8) is 0 Å². The molecule has 1 aliphatic heterocycles. The van der Waals surface area contributed by atoms with Gasteiger partial charge in [0.05, 0.1) is 13.3 Å². The van der Waals surface area contributed by atoms with E-state index in [9.17, 15) is 4.39 Å². The van der Waals surface area contributed by atoms with Gasteiger partial charge in [0, 0.05) is 34.0 Å². The molecule has 0 spiro atoms. The van der Waals surface area contributed by atoms with Gasteiger partial charge in [-0.15, -0.1) is 0 Å². The molecule has 3 aromatic rings. The van der Waals surface area contributed by atoms with Gasteiger partial charge < -0.3 is 14.5 Å². The molecular weight excluding hydrogens is 517 g/mol. The zero-order chi connectivity index (χ0) is 24.1. The van der Waals surface area contributed by atoms with Crippen molar-refractivity contribution in [1.29, 1.82) is 0 Å². The molecule has 3 nitrogen and oxygen atoms in total. The number of benzene rings is 3. The smallest absolute Gasteiger partial charge is 0.135 e. The lowest BCUT2D eigenvalue weighted by atomic mass is 10.1. The van der Waals surface area contributed by atoms with Crippen LogP contribution in [0, 0.1) is 5.82 Å². The molecule has 0 N–H and O–H groups in total. The molecule has 0 aromatic heterocycles. The fraction of sp³-hybridized carbons (Fsp3) is 0.231. The number of nitrogens with zero attached hydrogens (tertiary/aromatic N) is 2. The standard InChI is InChI=1S/C26H23Cl4FN2O/c27-21-6-3-19(4-7-21)25(34-16-20-5-8-22(28)15-24(20)29)26(30)33-14-13-32(17-33)12-11-18-1-9-23(31)10-2-18/h1-10,13-15,25-26H,11-12,16-17H2. The summed E-state index contributed by atoms with van der Waals surface area (Å²) in [5.41, 5.74) is 2.34. The Balaban J connectivity index is 1.42. The Bertz CT molecular complexity index is 1120. The number of hydrogen-bond acceptors (Lipinski definition) is 3. The summed E-state index contributed by atoms with van der Waals surface area (Å²) in [5, 5.41) is 1.75. The Morgan fingerprint density at radius 2 is 1.59 bits per heavy atom. The molecule has 4 rings (SSSR count). The molecule has 0 bridgehead atoms. The summed E-state index contributed by atoms with van der Waals surface area (Å²) >= 11 is 25.4. The summed E-state index contributed by atoms with van der Waals surface area (Å²) in [7, 11) is 0. The van der Waals surface area contributed by atoms with E-state index < -0.39 is 11.6 Å². The lowest BCUT2D eigenvalue weighted by Gasteiger charge is -2.31. The molecule has 0 radical (unpaired) electrons. The minimum atomic E-state index is -0.473. The molecule has 0 saturated heterocycles. The van der Waals surface area contributed by atoms with Crippen LogP contribution in [-0.4, -0.2) is 28.5 Å². The summed E-state index contributed by atoms with van der Waals surface area (Å²) in [4.78, 5) is 4.18. The second kappa shape index (κ2) is 11.7. The van der Waals surface area contributed by atoms with E-state index in [0.717, 1.165) is 29.7 Å². The van der Waals surface area contributed by atoms with E-state index >= 15 is 0 Å². The quantitative estimate of drug-likeness (QED) is 0.203. The Morgan fingerprint density at radius 3 is 2.29 bits per heavy atom. The van der Waals surface area contributed by atoms with Crippen LogP contribution in [0.4, 0.5) is 4.39 Å². The van der Waals surface area contributed by atoms with Crippen LogP contribution in [0.25, 0.3) is 0 Å². The minimum Gasteiger partial charge on any atom is -0.365 e. The van der Waals surface area contributed by atoms with E-state index in [0.29, 0.717) is 21.7 Å². The molecular formula is C26H23Cl4FN2O. The van der Waals surface area contributed by atoms with Crippen molar-refractivity contribution in [2.45, 2.75) is 24.6 Å². The highest BCUT2D eigenvalue weighted by Crippen LogP contribution is 2.33. The van der Waals surface area contributed by atoms with Gasteiger partial charge in [-0.25, -0.2) is 4.39 Å². The highest BCUT2D eigenvalue weighted by molar-refractivity contribution is 6.35. The Kier molecular flexibility index (Phi) is 8.62. The number of alkyl halides is 1. The van der Waals surface area contributed by atoms with Crippen LogP contribution in [0.3, 0.4) is 0 Å². The van der Waals surface area contributed by atoms with Gasteiger partial charge in [-0.1, -0.05) is 76.7 Å². The zero-order valence-corrected chi connectivity index (χ0v) is 21.2. The highest BCUT2D eigenvalue weighted by Gasteiger charge is 2.29. The van der Waals surface area contributed by atoms with Gasteiger partial charge >= 0.3 is 0 Å². The maximum absolute atomic E-state index is 13.1. The first kappa shape index (κ1) is 25.2. The molecule has 2 atom stereocenters. The second-order valence-electron chi connectivity index (χ2n) is 8.03. The molecule has 3 aromatic carbocycles. The first-order chi connectivity index (χ1) is 16.4. The van der Waals surface area contributed by atoms with Crippen LogP contribution in [0.1, 0.15) is 22.8 Å². The topological polar surface area (TPSA) is 15.7 Å². The van der Waals surface area contributed by atoms with Crippen molar-refractivity contribution >= 4 is 46.4 Å². The number of ether oxygens (including phenoxy) is 1. The van der Waals surface area contributed by atoms with Gasteiger partial charge in [-0.05, 0) is 59.5 Å². The number of rotatable bonds is 9. The van der Waals surface area contributed by atoms with Gasteiger partial charge in [0.1, 0.15) is 17.4 Å². The van der Waals surface area contributed by atoms with Gasteiger partial charge in [-0.3, -0.25) is 0 Å². The molecule has 0 saturated carbocycles. The molecule has 178 valence electrons. The van der Waals surface area contributed by atoms with Crippen LogP contribution < -0.4 is 0 Å². The van der Waals surface area contributed by atoms with Crippen LogP contribution in [0.15, 0.2) is 79.1 Å². The lowest BCUT2D eigenvalue weighted by molar-refractivity contribution is 0.00688. The van der Waals surface area contributed by atoms with E-state index in [1.807, 2.05) is 59.8 Å². The Labute approximate surface area is 219 Å². The van der Waals surface area contributed by atoms with Crippen molar-refractivity contribution in [3.05, 3.63) is 117 Å². The third kappa shape index (κ3) is 6.59. The fourth-order valence-corrected chi connectivity index (χ4v) is 4.63. The number of halogens is 5. The van der Waals surface area contributed by atoms with Crippen molar-refractivity contribution in [2.24, 2.45) is 0 Å². The van der Waals surface area contributed by atoms with Crippen molar-refractivity contribution in [2.75, 3.05) is 13.2 Å². The first-order valence-electron chi connectivity index (χ1n) is 10.8. The van der Waals surface area contributed by atoms with E-state index in [4.69, 9.17) is 51.1 Å². The van der Waals surface area contributed by atoms with Gasteiger partial charge in [0.25, 0.3) is 0 Å². The first-order valence-corrected chi connectivity index (χ1v) is 12.3. The molecule has 0 amide bonds. The number of hydrogen-bond donors (Lipinski definition) is 0. The van der Waals surface area contributed by atoms with Gasteiger partial charge in [0.15, 0.2) is 0 Å². The predicted molar refractivity (Wildman–Crippen MR) is 138 cm³/mol. The monoisotopic (exact) mass is 538 g/mol. The molecule has 8 heteroatoms. The van der Waals surface area contributed by atoms with Crippen molar-refractivity contribution < 1.29 is 9.13 Å². The second-order valence-corrected chi connectivity index (χ2v) is 9.76. The van der Waals surface area contributed by atoms with E-state index in [-0.39, 0.29) is 12.4 Å². The molecule has 0 aliphatic carbocycles. The third-order valence-electron chi connectivity index (χ3n) is 5.61. The van der Waals surface area contributed by atoms with Crippen LogP contribution in [-0.2, 0) is 17.8 Å². The average molecular weight is 540 g/mol. The molecule has 0 fully saturated rings. The van der Waals surface area contributed by atoms with Gasteiger partial charge in [0.2, 0.25) is 0 Å². The largest absolute Gasteiger partial charge is 0.365 e. The van der Waals surface area contributed by atoms with Crippen molar-refractivity contribution in [1.82, 2.24) is 9.80 Å². The van der Waals surface area contributed by atoms with Crippen LogP contribution in [0.5, 0.6) is 0 Å². The minimum absolute atomic E-state index is 0.228. The van der Waals surface area contributed by atoms with E-state index in [1.54, 1.807) is 12.1 Å². The molecule has 1 heterocycles. The lowest BCUT2D eigenvalue weighted by Crippen LogP contribution is -2.36. The SMILES string of the molecule is Fc1ccc(CCN2C=CN(C(Cl)C(OCc3ccc(Cl)cc3Cl)c3ccc(Cl)cc3)C2)cc1. The summed E-state index contributed by atoms with van der Waals surface area (Å²) < 4.78 is 19.4. The third-order valence-corrected chi connectivity index (χ3v) is 6.93.